The molecule has 0 saturated carbocycles. The van der Waals surface area contributed by atoms with Gasteiger partial charge in [0.05, 0.1) is 7.11 Å². The highest BCUT2D eigenvalue weighted by atomic mass is 35.5. The van der Waals surface area contributed by atoms with Crippen LogP contribution in [-0.2, 0) is 16.0 Å². The van der Waals surface area contributed by atoms with E-state index >= 15 is 0 Å². The fourth-order valence-electron chi connectivity index (χ4n) is 4.92. The number of hydrogen-bond donors (Lipinski definition) is 0. The van der Waals surface area contributed by atoms with Crippen LogP contribution in [0.25, 0.3) is 0 Å². The zero-order valence-electron chi connectivity index (χ0n) is 20.1. The Morgan fingerprint density at radius 1 is 1.03 bits per heavy atom. The Hall–Kier alpha value is -3.13. The first-order valence-electron chi connectivity index (χ1n) is 11.8. The average Bonchev–Trinajstić information content (AvgIpc) is 3.26. The van der Waals surface area contributed by atoms with Gasteiger partial charge in [0, 0.05) is 51.2 Å². The minimum absolute atomic E-state index is 0.0751. The largest absolute Gasteiger partial charge is 0.481 e. The van der Waals surface area contributed by atoms with Crippen LogP contribution in [0.15, 0.2) is 36.4 Å². The van der Waals surface area contributed by atoms with E-state index in [2.05, 4.69) is 4.98 Å². The molecule has 2 saturated heterocycles. The molecule has 2 aliphatic heterocycles. The van der Waals surface area contributed by atoms with Crippen molar-refractivity contribution >= 4 is 29.4 Å². The second-order valence-corrected chi connectivity index (χ2v) is 9.70. The van der Waals surface area contributed by atoms with Crippen molar-refractivity contribution in [2.24, 2.45) is 5.41 Å². The number of likely N-dealkylation sites (tertiary alicyclic amines) is 2. The lowest BCUT2D eigenvalue weighted by atomic mass is 9.77. The third-order valence-electron chi connectivity index (χ3n) is 6.94. The van der Waals surface area contributed by atoms with Crippen LogP contribution < -0.4 is 9.47 Å². The van der Waals surface area contributed by atoms with Crippen molar-refractivity contribution in [1.29, 1.82) is 0 Å². The van der Waals surface area contributed by atoms with Crippen LogP contribution in [0.4, 0.5) is 0 Å². The van der Waals surface area contributed by atoms with Crippen molar-refractivity contribution in [3.8, 4) is 11.6 Å². The minimum Gasteiger partial charge on any atom is -0.481 e. The number of piperidine rings is 1. The molecular weight excluding hydrogens is 470 g/mol. The maximum Gasteiger partial charge on any atom is 0.308 e. The Kier molecular flexibility index (Phi) is 7.60. The number of hydrogen-bond acceptors (Lipinski definition) is 6. The van der Waals surface area contributed by atoms with Gasteiger partial charge in [0.1, 0.15) is 10.9 Å². The molecule has 186 valence electrons. The monoisotopic (exact) mass is 499 g/mol. The first-order chi connectivity index (χ1) is 16.8. The molecule has 9 heteroatoms. The Labute approximate surface area is 210 Å². The SMILES string of the molecule is COc1cc(C(=O)N2CCC3(CCN(C(=O)CCc4ccc(OC(C)=O)cc4)C3)CC2)cc(Cl)n1. The van der Waals surface area contributed by atoms with Crippen LogP contribution in [0, 0.1) is 5.41 Å². The number of aromatic nitrogens is 1. The molecule has 0 aliphatic carbocycles. The highest BCUT2D eigenvalue weighted by molar-refractivity contribution is 6.29. The number of carbonyl (C=O) groups excluding carboxylic acids is 3. The van der Waals surface area contributed by atoms with Crippen molar-refractivity contribution in [1.82, 2.24) is 14.8 Å². The van der Waals surface area contributed by atoms with E-state index in [0.717, 1.165) is 37.9 Å². The predicted octanol–water partition coefficient (Wildman–Crippen LogP) is 3.76. The van der Waals surface area contributed by atoms with Gasteiger partial charge in [0.25, 0.3) is 5.91 Å². The number of amides is 2. The smallest absolute Gasteiger partial charge is 0.308 e. The van der Waals surface area contributed by atoms with Gasteiger partial charge in [0.2, 0.25) is 11.8 Å². The molecule has 2 amide bonds. The molecule has 4 rings (SSSR count). The van der Waals surface area contributed by atoms with E-state index in [4.69, 9.17) is 21.1 Å². The molecule has 1 aromatic carbocycles. The maximum absolute atomic E-state index is 13.0. The molecule has 0 N–H and O–H groups in total. The second-order valence-electron chi connectivity index (χ2n) is 9.32. The van der Waals surface area contributed by atoms with Crippen LogP contribution in [-0.4, -0.2) is 65.9 Å². The highest BCUT2D eigenvalue weighted by Crippen LogP contribution is 2.41. The Morgan fingerprint density at radius 2 is 1.69 bits per heavy atom. The molecular formula is C26H30ClN3O5. The van der Waals surface area contributed by atoms with Crippen molar-refractivity contribution < 1.29 is 23.9 Å². The molecule has 0 unspecified atom stereocenters. The standard InChI is InChI=1S/C26H30ClN3O5/c1-18(31)35-21-6-3-19(4-7-21)5-8-24(32)30-14-11-26(17-30)9-12-29(13-10-26)25(33)20-15-22(27)28-23(16-20)34-2/h3-4,6-7,15-16H,5,8-14,17H2,1-2H3. The number of esters is 1. The van der Waals surface area contributed by atoms with Crippen LogP contribution in [0.3, 0.4) is 0 Å². The fraction of sp³-hybridized carbons (Fsp3) is 0.462. The first kappa shape index (κ1) is 25.0. The van der Waals surface area contributed by atoms with Gasteiger partial charge >= 0.3 is 5.97 Å². The summed E-state index contributed by atoms with van der Waals surface area (Å²) >= 11 is 6.03. The third kappa shape index (κ3) is 6.11. The van der Waals surface area contributed by atoms with Gasteiger partial charge in [-0.05, 0) is 54.9 Å². The summed E-state index contributed by atoms with van der Waals surface area (Å²) in [6.07, 6.45) is 3.79. The lowest BCUT2D eigenvalue weighted by Gasteiger charge is -2.39. The maximum atomic E-state index is 13.0. The minimum atomic E-state index is -0.354. The fourth-order valence-corrected chi connectivity index (χ4v) is 5.12. The molecule has 1 spiro atoms. The van der Waals surface area contributed by atoms with E-state index in [1.807, 2.05) is 21.9 Å². The quantitative estimate of drug-likeness (QED) is 0.341. The Morgan fingerprint density at radius 3 is 2.31 bits per heavy atom. The summed E-state index contributed by atoms with van der Waals surface area (Å²) in [4.78, 5) is 44.7. The van der Waals surface area contributed by atoms with Gasteiger partial charge in [-0.3, -0.25) is 14.4 Å². The highest BCUT2D eigenvalue weighted by Gasteiger charge is 2.42. The third-order valence-corrected chi connectivity index (χ3v) is 7.14. The summed E-state index contributed by atoms with van der Waals surface area (Å²) < 4.78 is 10.2. The Bertz CT molecular complexity index is 1100. The molecule has 8 nitrogen and oxygen atoms in total. The van der Waals surface area contributed by atoms with Crippen LogP contribution in [0.1, 0.15) is 48.5 Å². The molecule has 0 atom stereocenters. The number of carbonyl (C=O) groups is 3. The van der Waals surface area contributed by atoms with E-state index in [0.29, 0.717) is 43.1 Å². The van der Waals surface area contributed by atoms with E-state index in [-0.39, 0.29) is 28.4 Å². The van der Waals surface area contributed by atoms with Crippen molar-refractivity contribution in [3.05, 3.63) is 52.7 Å². The number of ether oxygens (including phenoxy) is 2. The van der Waals surface area contributed by atoms with E-state index in [1.54, 1.807) is 24.3 Å². The molecule has 0 bridgehead atoms. The zero-order chi connectivity index (χ0) is 25.0. The molecule has 2 aliphatic rings. The normalized spacial score (nSPS) is 16.9. The van der Waals surface area contributed by atoms with E-state index in [1.165, 1.54) is 14.0 Å². The molecule has 2 aromatic rings. The van der Waals surface area contributed by atoms with Crippen molar-refractivity contribution in [2.75, 3.05) is 33.3 Å². The predicted molar refractivity (Wildman–Crippen MR) is 131 cm³/mol. The average molecular weight is 500 g/mol. The lowest BCUT2D eigenvalue weighted by molar-refractivity contribution is -0.132. The second kappa shape index (κ2) is 10.6. The first-order valence-corrected chi connectivity index (χ1v) is 12.2. The van der Waals surface area contributed by atoms with E-state index < -0.39 is 0 Å². The topological polar surface area (TPSA) is 89.0 Å². The summed E-state index contributed by atoms with van der Waals surface area (Å²) in [5.41, 5.74) is 1.58. The van der Waals surface area contributed by atoms with Gasteiger partial charge in [-0.15, -0.1) is 0 Å². The summed E-state index contributed by atoms with van der Waals surface area (Å²) in [5, 5.41) is 0.228. The summed E-state index contributed by atoms with van der Waals surface area (Å²) in [5.74, 6) is 0.550. The van der Waals surface area contributed by atoms with Gasteiger partial charge in [-0.2, -0.15) is 0 Å². The summed E-state index contributed by atoms with van der Waals surface area (Å²) in [7, 11) is 1.49. The number of benzene rings is 1. The van der Waals surface area contributed by atoms with Gasteiger partial charge in [-0.1, -0.05) is 23.7 Å². The van der Waals surface area contributed by atoms with Crippen LogP contribution in [0.2, 0.25) is 5.15 Å². The number of pyridine rings is 1. The molecule has 3 heterocycles. The Balaban J connectivity index is 1.27. The molecule has 2 fully saturated rings. The summed E-state index contributed by atoms with van der Waals surface area (Å²) in [6, 6.07) is 10.4. The van der Waals surface area contributed by atoms with Gasteiger partial charge in [-0.25, -0.2) is 4.98 Å². The molecule has 1 aromatic heterocycles. The van der Waals surface area contributed by atoms with Crippen LogP contribution >= 0.6 is 11.6 Å². The lowest BCUT2D eigenvalue weighted by Crippen LogP contribution is -2.44. The number of halogens is 1. The molecule has 35 heavy (non-hydrogen) atoms. The van der Waals surface area contributed by atoms with Crippen molar-refractivity contribution in [3.63, 3.8) is 0 Å². The molecule has 0 radical (unpaired) electrons. The number of methoxy groups -OCH3 is 1. The van der Waals surface area contributed by atoms with Crippen LogP contribution in [0.5, 0.6) is 11.6 Å². The number of nitrogens with zero attached hydrogens (tertiary/aromatic N) is 3. The van der Waals surface area contributed by atoms with Gasteiger partial charge < -0.3 is 19.3 Å². The zero-order valence-corrected chi connectivity index (χ0v) is 20.8. The summed E-state index contributed by atoms with van der Waals surface area (Å²) in [6.45, 7) is 4.17. The van der Waals surface area contributed by atoms with E-state index in [9.17, 15) is 14.4 Å². The van der Waals surface area contributed by atoms with Gasteiger partial charge in [0.15, 0.2) is 0 Å². The number of aryl methyl sites for hydroxylation is 1. The van der Waals surface area contributed by atoms with Crippen molar-refractivity contribution in [2.45, 2.75) is 39.0 Å². The number of rotatable bonds is 6.